The third-order valence-corrected chi connectivity index (χ3v) is 6.05. The van der Waals surface area contributed by atoms with Crippen molar-refractivity contribution in [3.63, 3.8) is 0 Å². The molecule has 0 saturated heterocycles. The van der Waals surface area contributed by atoms with Crippen LogP contribution in [0.2, 0.25) is 0 Å². The fourth-order valence-corrected chi connectivity index (χ4v) is 4.11. The number of amides is 2. The number of benzene rings is 2. The summed E-state index contributed by atoms with van der Waals surface area (Å²) in [5.74, 6) is 1.76. The van der Waals surface area contributed by atoms with Crippen LogP contribution in [-0.4, -0.2) is 42.2 Å². The average Bonchev–Trinajstić information content (AvgIpc) is 2.79. The number of hydrogen-bond acceptors (Lipinski definition) is 4. The van der Waals surface area contributed by atoms with Crippen molar-refractivity contribution in [2.45, 2.75) is 52.0 Å². The SMILES string of the molecule is CCCNC(=O)[C@H](CC)N(Cc1ccc(OC)cc1)C(=O)CSCc1ccc(C)cc1. The maximum atomic E-state index is 13.2. The second-order valence-electron chi connectivity index (χ2n) is 7.56. The Morgan fingerprint density at radius 3 is 2.26 bits per heavy atom. The Kier molecular flexibility index (Phi) is 10.4. The normalized spacial score (nSPS) is 11.6. The number of rotatable bonds is 12. The van der Waals surface area contributed by atoms with E-state index in [9.17, 15) is 9.59 Å². The predicted molar refractivity (Wildman–Crippen MR) is 128 cm³/mol. The number of aryl methyl sites for hydroxylation is 1. The Hall–Kier alpha value is -2.47. The summed E-state index contributed by atoms with van der Waals surface area (Å²) >= 11 is 1.58. The van der Waals surface area contributed by atoms with E-state index in [1.165, 1.54) is 11.1 Å². The quantitative estimate of drug-likeness (QED) is 0.523. The Labute approximate surface area is 190 Å². The van der Waals surface area contributed by atoms with Gasteiger partial charge in [-0.3, -0.25) is 9.59 Å². The van der Waals surface area contributed by atoms with E-state index < -0.39 is 6.04 Å². The zero-order chi connectivity index (χ0) is 22.6. The second-order valence-corrected chi connectivity index (χ2v) is 8.55. The summed E-state index contributed by atoms with van der Waals surface area (Å²) < 4.78 is 5.23. The number of carbonyl (C=O) groups excluding carboxylic acids is 2. The molecule has 0 saturated carbocycles. The third-order valence-electron chi connectivity index (χ3n) is 5.06. The zero-order valence-corrected chi connectivity index (χ0v) is 19.8. The Morgan fingerprint density at radius 1 is 1.03 bits per heavy atom. The lowest BCUT2D eigenvalue weighted by Crippen LogP contribution is -2.49. The number of nitrogens with one attached hydrogen (secondary N) is 1. The minimum Gasteiger partial charge on any atom is -0.497 e. The van der Waals surface area contributed by atoms with Gasteiger partial charge in [0.1, 0.15) is 11.8 Å². The van der Waals surface area contributed by atoms with Gasteiger partial charge in [-0.15, -0.1) is 11.8 Å². The minimum absolute atomic E-state index is 0.0218. The van der Waals surface area contributed by atoms with Crippen LogP contribution >= 0.6 is 11.8 Å². The fourth-order valence-electron chi connectivity index (χ4n) is 3.24. The van der Waals surface area contributed by atoms with Crippen LogP contribution in [0.5, 0.6) is 5.75 Å². The highest BCUT2D eigenvalue weighted by atomic mass is 32.2. The van der Waals surface area contributed by atoms with Crippen LogP contribution in [0.4, 0.5) is 0 Å². The molecular weight excluding hydrogens is 408 g/mol. The summed E-state index contributed by atoms with van der Waals surface area (Å²) in [6.07, 6.45) is 1.43. The lowest BCUT2D eigenvalue weighted by molar-refractivity contribution is -0.139. The molecule has 2 amide bonds. The first-order valence-corrected chi connectivity index (χ1v) is 12.0. The average molecular weight is 443 g/mol. The van der Waals surface area contributed by atoms with Crippen molar-refractivity contribution in [3.05, 3.63) is 65.2 Å². The van der Waals surface area contributed by atoms with Gasteiger partial charge in [0.05, 0.1) is 12.9 Å². The van der Waals surface area contributed by atoms with Crippen LogP contribution in [0.15, 0.2) is 48.5 Å². The van der Waals surface area contributed by atoms with Crippen molar-refractivity contribution in [3.8, 4) is 5.75 Å². The van der Waals surface area contributed by atoms with E-state index in [0.29, 0.717) is 25.3 Å². The summed E-state index contributed by atoms with van der Waals surface area (Å²) in [5.41, 5.74) is 3.39. The maximum absolute atomic E-state index is 13.2. The molecule has 0 aliphatic heterocycles. The number of carbonyl (C=O) groups is 2. The molecule has 0 unspecified atom stereocenters. The Balaban J connectivity index is 2.10. The Morgan fingerprint density at radius 2 is 1.68 bits per heavy atom. The molecule has 5 nitrogen and oxygen atoms in total. The van der Waals surface area contributed by atoms with E-state index in [2.05, 4.69) is 36.5 Å². The van der Waals surface area contributed by atoms with Crippen LogP contribution in [0.3, 0.4) is 0 Å². The van der Waals surface area contributed by atoms with Crippen molar-refractivity contribution in [2.75, 3.05) is 19.4 Å². The monoisotopic (exact) mass is 442 g/mol. The van der Waals surface area contributed by atoms with Gasteiger partial charge >= 0.3 is 0 Å². The molecule has 0 heterocycles. The summed E-state index contributed by atoms with van der Waals surface area (Å²) in [6, 6.07) is 15.5. The summed E-state index contributed by atoms with van der Waals surface area (Å²) in [7, 11) is 1.63. The van der Waals surface area contributed by atoms with E-state index in [1.807, 2.05) is 38.1 Å². The molecule has 168 valence electrons. The molecule has 2 aromatic rings. The Bertz CT molecular complexity index is 822. The number of thioether (sulfide) groups is 1. The summed E-state index contributed by atoms with van der Waals surface area (Å²) in [4.78, 5) is 27.7. The molecule has 1 N–H and O–H groups in total. The van der Waals surface area contributed by atoms with Gasteiger partial charge in [-0.25, -0.2) is 0 Å². The molecule has 0 aliphatic rings. The molecule has 0 radical (unpaired) electrons. The van der Waals surface area contributed by atoms with Crippen LogP contribution in [-0.2, 0) is 21.9 Å². The third kappa shape index (κ3) is 7.94. The van der Waals surface area contributed by atoms with Crippen molar-refractivity contribution < 1.29 is 14.3 Å². The van der Waals surface area contributed by atoms with E-state index in [1.54, 1.807) is 23.8 Å². The van der Waals surface area contributed by atoms with Gasteiger partial charge < -0.3 is 15.0 Å². The van der Waals surface area contributed by atoms with Crippen LogP contribution < -0.4 is 10.1 Å². The smallest absolute Gasteiger partial charge is 0.242 e. The van der Waals surface area contributed by atoms with E-state index in [-0.39, 0.29) is 11.8 Å². The molecule has 0 bridgehead atoms. The maximum Gasteiger partial charge on any atom is 0.242 e. The highest BCUT2D eigenvalue weighted by Gasteiger charge is 2.28. The lowest BCUT2D eigenvalue weighted by atomic mass is 10.1. The molecule has 2 aromatic carbocycles. The van der Waals surface area contributed by atoms with Crippen molar-refractivity contribution in [1.29, 1.82) is 0 Å². The predicted octanol–water partition coefficient (Wildman–Crippen LogP) is 4.57. The van der Waals surface area contributed by atoms with Gasteiger partial charge in [0, 0.05) is 18.8 Å². The highest BCUT2D eigenvalue weighted by molar-refractivity contribution is 7.99. The molecule has 6 heteroatoms. The highest BCUT2D eigenvalue weighted by Crippen LogP contribution is 2.19. The number of nitrogens with zero attached hydrogens (tertiary/aromatic N) is 1. The molecular formula is C25H34N2O3S. The van der Waals surface area contributed by atoms with E-state index >= 15 is 0 Å². The number of methoxy groups -OCH3 is 1. The largest absolute Gasteiger partial charge is 0.497 e. The molecule has 0 aliphatic carbocycles. The molecule has 0 spiro atoms. The van der Waals surface area contributed by atoms with Crippen molar-refractivity contribution >= 4 is 23.6 Å². The van der Waals surface area contributed by atoms with Gasteiger partial charge in [-0.05, 0) is 43.0 Å². The number of hydrogen-bond donors (Lipinski definition) is 1. The lowest BCUT2D eigenvalue weighted by Gasteiger charge is -2.30. The molecule has 0 fully saturated rings. The minimum atomic E-state index is -0.485. The van der Waals surface area contributed by atoms with Gasteiger partial charge in [0.15, 0.2) is 0 Å². The van der Waals surface area contributed by atoms with Gasteiger partial charge in [0.25, 0.3) is 0 Å². The van der Waals surface area contributed by atoms with Gasteiger partial charge in [-0.1, -0.05) is 55.8 Å². The van der Waals surface area contributed by atoms with Crippen LogP contribution in [0, 0.1) is 6.92 Å². The molecule has 0 aromatic heterocycles. The summed E-state index contributed by atoms with van der Waals surface area (Å²) in [5, 5.41) is 2.95. The topological polar surface area (TPSA) is 58.6 Å². The van der Waals surface area contributed by atoms with Crippen molar-refractivity contribution in [2.24, 2.45) is 0 Å². The van der Waals surface area contributed by atoms with E-state index in [0.717, 1.165) is 23.5 Å². The van der Waals surface area contributed by atoms with Gasteiger partial charge in [-0.2, -0.15) is 0 Å². The van der Waals surface area contributed by atoms with Crippen molar-refractivity contribution in [1.82, 2.24) is 10.2 Å². The van der Waals surface area contributed by atoms with Gasteiger partial charge in [0.2, 0.25) is 11.8 Å². The molecule has 1 atom stereocenters. The summed E-state index contributed by atoms with van der Waals surface area (Å²) in [6.45, 7) is 7.03. The molecule has 31 heavy (non-hydrogen) atoms. The first kappa shape index (κ1) is 24.8. The standard InChI is InChI=1S/C25H34N2O3S/c1-5-15-26-25(29)23(6-2)27(16-20-11-13-22(30-4)14-12-20)24(28)18-31-17-21-9-7-19(3)8-10-21/h7-14,23H,5-6,15-18H2,1-4H3,(H,26,29)/t23-/m0/s1. The number of ether oxygens (including phenoxy) is 1. The first-order valence-electron chi connectivity index (χ1n) is 10.8. The molecule has 2 rings (SSSR count). The van der Waals surface area contributed by atoms with Crippen LogP contribution in [0.1, 0.15) is 43.4 Å². The van der Waals surface area contributed by atoms with Crippen LogP contribution in [0.25, 0.3) is 0 Å². The second kappa shape index (κ2) is 13.1. The first-order chi connectivity index (χ1) is 15.0. The fraction of sp³-hybridized carbons (Fsp3) is 0.440. The van der Waals surface area contributed by atoms with E-state index in [4.69, 9.17) is 4.74 Å². The zero-order valence-electron chi connectivity index (χ0n) is 19.0.